The van der Waals surface area contributed by atoms with Gasteiger partial charge in [-0.2, -0.15) is 5.10 Å². The normalized spacial score (nSPS) is 10.8. The lowest BCUT2D eigenvalue weighted by Crippen LogP contribution is -2.04. The van der Waals surface area contributed by atoms with E-state index in [1.807, 2.05) is 18.6 Å². The molecule has 9 heteroatoms. The Bertz CT molecular complexity index is 790. The minimum atomic E-state index is -0.367. The molecule has 0 amide bonds. The molecular weight excluding hydrogens is 304 g/mol. The first-order chi connectivity index (χ1) is 10.7. The highest BCUT2D eigenvalue weighted by atomic mass is 32.1. The van der Waals surface area contributed by atoms with Gasteiger partial charge in [0.1, 0.15) is 16.4 Å². The fraction of sp³-hybridized carbons (Fsp3) is 0.308. The molecule has 0 aliphatic rings. The Morgan fingerprint density at radius 1 is 1.36 bits per heavy atom. The molecule has 0 bridgehead atoms. The van der Waals surface area contributed by atoms with Gasteiger partial charge in [0.15, 0.2) is 0 Å². The molecular formula is C13H14N6O2S. The molecule has 22 heavy (non-hydrogen) atoms. The highest BCUT2D eigenvalue weighted by molar-refractivity contribution is 7.09. The summed E-state index contributed by atoms with van der Waals surface area (Å²) in [4.78, 5) is 16.1. The van der Waals surface area contributed by atoms with Crippen LogP contribution in [0.1, 0.15) is 22.3 Å². The fourth-order valence-corrected chi connectivity index (χ4v) is 2.65. The summed E-state index contributed by atoms with van der Waals surface area (Å²) in [6, 6.07) is 0. The second-order valence-corrected chi connectivity index (χ2v) is 5.49. The van der Waals surface area contributed by atoms with E-state index in [1.165, 1.54) is 17.5 Å². The minimum absolute atomic E-state index is 0.345. The lowest BCUT2D eigenvalue weighted by Gasteiger charge is -1.97. The van der Waals surface area contributed by atoms with Gasteiger partial charge in [-0.1, -0.05) is 5.21 Å². The van der Waals surface area contributed by atoms with Gasteiger partial charge in [0, 0.05) is 18.6 Å². The van der Waals surface area contributed by atoms with Crippen LogP contribution in [0.5, 0.6) is 0 Å². The molecule has 0 saturated heterocycles. The van der Waals surface area contributed by atoms with Gasteiger partial charge in [0.05, 0.1) is 31.1 Å². The molecule has 0 spiro atoms. The van der Waals surface area contributed by atoms with Crippen molar-refractivity contribution in [2.75, 3.05) is 6.61 Å². The summed E-state index contributed by atoms with van der Waals surface area (Å²) in [7, 11) is 1.81. The molecule has 0 unspecified atom stereocenters. The summed E-state index contributed by atoms with van der Waals surface area (Å²) in [5.74, 6) is -0.367. The monoisotopic (exact) mass is 318 g/mol. The van der Waals surface area contributed by atoms with Crippen LogP contribution in [0.3, 0.4) is 0 Å². The number of hydrogen-bond acceptors (Lipinski definition) is 7. The van der Waals surface area contributed by atoms with Crippen LogP contribution >= 0.6 is 11.3 Å². The molecule has 3 rings (SSSR count). The second kappa shape index (κ2) is 6.06. The van der Waals surface area contributed by atoms with E-state index < -0.39 is 0 Å². The molecule has 0 aromatic carbocycles. The highest BCUT2D eigenvalue weighted by Crippen LogP contribution is 2.20. The van der Waals surface area contributed by atoms with E-state index in [-0.39, 0.29) is 5.97 Å². The Kier molecular flexibility index (Phi) is 3.96. The number of aromatic nitrogens is 6. The largest absolute Gasteiger partial charge is 0.462 e. The summed E-state index contributed by atoms with van der Waals surface area (Å²) < 4.78 is 8.22. The maximum atomic E-state index is 11.6. The van der Waals surface area contributed by atoms with Gasteiger partial charge in [-0.3, -0.25) is 9.36 Å². The van der Waals surface area contributed by atoms with Crippen LogP contribution in [0.15, 0.2) is 24.0 Å². The zero-order chi connectivity index (χ0) is 15.5. The molecule has 3 heterocycles. The molecule has 0 saturated carbocycles. The number of aryl methyl sites for hydroxylation is 1. The van der Waals surface area contributed by atoms with Crippen LogP contribution < -0.4 is 0 Å². The average molecular weight is 318 g/mol. The number of nitrogens with zero attached hydrogens (tertiary/aromatic N) is 6. The third-order valence-corrected chi connectivity index (χ3v) is 3.69. The highest BCUT2D eigenvalue weighted by Gasteiger charge is 2.12. The molecule has 3 aromatic heterocycles. The fourth-order valence-electron chi connectivity index (χ4n) is 1.87. The number of hydrogen-bond donors (Lipinski definition) is 0. The van der Waals surface area contributed by atoms with Crippen molar-refractivity contribution in [2.24, 2.45) is 7.05 Å². The molecule has 114 valence electrons. The third kappa shape index (κ3) is 3.03. The first-order valence-corrected chi connectivity index (χ1v) is 7.54. The van der Waals surface area contributed by atoms with Gasteiger partial charge in [0.2, 0.25) is 0 Å². The number of rotatable bonds is 5. The van der Waals surface area contributed by atoms with Crippen LogP contribution in [0.25, 0.3) is 11.4 Å². The Balaban J connectivity index is 1.71. The Morgan fingerprint density at radius 3 is 2.95 bits per heavy atom. The Hall–Kier alpha value is -2.55. The summed E-state index contributed by atoms with van der Waals surface area (Å²) >= 11 is 1.51. The number of ether oxygens (including phenoxy) is 1. The van der Waals surface area contributed by atoms with Crippen molar-refractivity contribution in [3.05, 3.63) is 34.5 Å². The van der Waals surface area contributed by atoms with Gasteiger partial charge in [0.25, 0.3) is 0 Å². The topological polar surface area (TPSA) is 87.7 Å². The molecule has 3 aromatic rings. The Morgan fingerprint density at radius 2 is 2.23 bits per heavy atom. The molecule has 0 aliphatic carbocycles. The van der Waals surface area contributed by atoms with Crippen molar-refractivity contribution >= 4 is 17.3 Å². The van der Waals surface area contributed by atoms with Gasteiger partial charge in [-0.15, -0.1) is 16.4 Å². The van der Waals surface area contributed by atoms with Crippen LogP contribution in [0, 0.1) is 0 Å². The van der Waals surface area contributed by atoms with E-state index in [0.29, 0.717) is 18.7 Å². The quantitative estimate of drug-likeness (QED) is 0.660. The molecule has 0 atom stereocenters. The van der Waals surface area contributed by atoms with E-state index in [9.17, 15) is 4.79 Å². The zero-order valence-electron chi connectivity index (χ0n) is 12.1. The number of esters is 1. The average Bonchev–Trinajstić information content (AvgIpc) is 3.20. The SMILES string of the molecule is CCOC(=O)c1cnn(Cc2nc(-c3cn(C)nn3)cs2)c1. The van der Waals surface area contributed by atoms with E-state index in [1.54, 1.807) is 22.5 Å². The van der Waals surface area contributed by atoms with Crippen LogP contribution in [-0.4, -0.2) is 42.3 Å². The predicted octanol–water partition coefficient (Wildman–Crippen LogP) is 1.36. The molecule has 8 nitrogen and oxygen atoms in total. The number of carbonyl (C=O) groups excluding carboxylic acids is 1. The van der Waals surface area contributed by atoms with Gasteiger partial charge in [-0.05, 0) is 6.92 Å². The first-order valence-electron chi connectivity index (χ1n) is 6.66. The minimum Gasteiger partial charge on any atom is -0.462 e. The van der Waals surface area contributed by atoms with Crippen LogP contribution in [-0.2, 0) is 18.3 Å². The smallest absolute Gasteiger partial charge is 0.341 e. The summed E-state index contributed by atoms with van der Waals surface area (Å²) in [5, 5.41) is 14.9. The van der Waals surface area contributed by atoms with Crippen molar-refractivity contribution in [2.45, 2.75) is 13.5 Å². The van der Waals surface area contributed by atoms with E-state index in [2.05, 4.69) is 20.4 Å². The standard InChI is InChI=1S/C13H14N6O2S/c1-3-21-13(20)9-4-14-19(5-9)7-12-15-11(8-22-12)10-6-18(2)17-16-10/h4-6,8H,3,7H2,1-2H3. The van der Waals surface area contributed by atoms with E-state index in [4.69, 9.17) is 4.74 Å². The van der Waals surface area contributed by atoms with Crippen molar-refractivity contribution < 1.29 is 9.53 Å². The second-order valence-electron chi connectivity index (χ2n) is 4.55. The third-order valence-electron chi connectivity index (χ3n) is 2.86. The van der Waals surface area contributed by atoms with Crippen molar-refractivity contribution in [3.8, 4) is 11.4 Å². The Labute approximate surface area is 130 Å². The summed E-state index contributed by atoms with van der Waals surface area (Å²) in [6.07, 6.45) is 4.96. The zero-order valence-corrected chi connectivity index (χ0v) is 12.9. The maximum absolute atomic E-state index is 11.6. The molecule has 0 aliphatic heterocycles. The van der Waals surface area contributed by atoms with Gasteiger partial charge in [-0.25, -0.2) is 9.78 Å². The van der Waals surface area contributed by atoms with Crippen LogP contribution in [0.2, 0.25) is 0 Å². The lowest BCUT2D eigenvalue weighted by molar-refractivity contribution is 0.0526. The van der Waals surface area contributed by atoms with Crippen LogP contribution in [0.4, 0.5) is 0 Å². The van der Waals surface area contributed by atoms with E-state index >= 15 is 0 Å². The van der Waals surface area contributed by atoms with Crippen molar-refractivity contribution in [1.82, 2.24) is 29.8 Å². The molecule has 0 radical (unpaired) electrons. The maximum Gasteiger partial charge on any atom is 0.341 e. The summed E-state index contributed by atoms with van der Waals surface area (Å²) in [6.45, 7) is 2.61. The number of thiazole rings is 1. The predicted molar refractivity (Wildman–Crippen MR) is 79.4 cm³/mol. The molecule has 0 fully saturated rings. The number of carbonyl (C=O) groups is 1. The van der Waals surface area contributed by atoms with Crippen molar-refractivity contribution in [3.63, 3.8) is 0 Å². The van der Waals surface area contributed by atoms with E-state index in [0.717, 1.165) is 16.4 Å². The molecule has 0 N–H and O–H groups in total. The van der Waals surface area contributed by atoms with Gasteiger partial charge < -0.3 is 4.74 Å². The van der Waals surface area contributed by atoms with Crippen molar-refractivity contribution in [1.29, 1.82) is 0 Å². The lowest BCUT2D eigenvalue weighted by atomic mass is 10.4. The first kappa shape index (κ1) is 14.4. The van der Waals surface area contributed by atoms with Gasteiger partial charge >= 0.3 is 5.97 Å². The summed E-state index contributed by atoms with van der Waals surface area (Å²) in [5.41, 5.74) is 1.95.